The van der Waals surface area contributed by atoms with Crippen molar-refractivity contribution in [2.24, 2.45) is 0 Å². The molecule has 0 saturated heterocycles. The fraction of sp³-hybridized carbons (Fsp3) is 0.186. The first kappa shape index (κ1) is 91.9. The molecule has 0 saturated carbocycles. The lowest BCUT2D eigenvalue weighted by atomic mass is 10.0. The Morgan fingerprint density at radius 1 is 0.174 bits per heavy atom. The van der Waals surface area contributed by atoms with Gasteiger partial charge in [-0.25, -0.2) is 29.9 Å². The highest BCUT2D eigenvalue weighted by atomic mass is 14.8. The van der Waals surface area contributed by atoms with Gasteiger partial charge < -0.3 is 29.9 Å². The van der Waals surface area contributed by atoms with Crippen LogP contribution in [0.5, 0.6) is 0 Å². The fourth-order valence-electron chi connectivity index (χ4n) is 20.5. The molecule has 18 heterocycles. The van der Waals surface area contributed by atoms with Crippen molar-refractivity contribution in [2.45, 2.75) is 157 Å². The number of aromatic amines is 6. The van der Waals surface area contributed by atoms with Crippen molar-refractivity contribution in [3.05, 3.63) is 372 Å². The van der Waals surface area contributed by atoms with E-state index in [9.17, 15) is 0 Å². The number of hydrogen-bond donors (Lipinski definition) is 6. The molecule has 12 aromatic heterocycles. The number of unbranched alkanes of at least 4 members (excludes halogenated alkanes) is 6. The van der Waals surface area contributed by atoms with Gasteiger partial charge in [0.25, 0.3) is 0 Å². The molecule has 15 nitrogen and oxygen atoms in total. The average Bonchev–Trinajstić information content (AvgIpc) is 1.63. The first-order valence-electron chi connectivity index (χ1n) is 51.2. The number of pyridine rings is 3. The van der Waals surface area contributed by atoms with E-state index in [4.69, 9.17) is 29.9 Å². The number of benzene rings is 4. The molecule has 0 fully saturated rings. The lowest BCUT2D eigenvalue weighted by Gasteiger charge is -2.06. The number of rotatable bonds is 24. The number of fused-ring (bicyclic) bond motifs is 24. The minimum absolute atomic E-state index is 0.776. The molecule has 0 aliphatic carbocycles. The first-order chi connectivity index (χ1) is 71.0. The van der Waals surface area contributed by atoms with Gasteiger partial charge in [-0.05, 0) is 347 Å². The molecule has 6 N–H and O–H groups in total. The van der Waals surface area contributed by atoms with E-state index < -0.39 is 0 Å². The van der Waals surface area contributed by atoms with Gasteiger partial charge in [0.05, 0.1) is 68.3 Å². The Bertz CT molecular complexity index is 7850. The molecule has 144 heavy (non-hydrogen) atoms. The van der Waals surface area contributed by atoms with Crippen LogP contribution in [0.25, 0.3) is 206 Å². The predicted octanol–water partition coefficient (Wildman–Crippen LogP) is 31.0. The Morgan fingerprint density at radius 2 is 0.333 bits per heavy atom. The van der Waals surface area contributed by atoms with E-state index in [2.05, 4.69) is 395 Å². The van der Waals surface area contributed by atoms with Crippen molar-refractivity contribution in [1.29, 1.82) is 0 Å². The van der Waals surface area contributed by atoms with Crippen LogP contribution in [0.2, 0.25) is 0 Å². The maximum absolute atomic E-state index is 5.59. The lowest BCUT2D eigenvalue weighted by molar-refractivity contribution is 0.794. The van der Waals surface area contributed by atoms with Gasteiger partial charge in [-0.2, -0.15) is 0 Å². The van der Waals surface area contributed by atoms with E-state index in [1.165, 1.54) is 33.4 Å². The lowest BCUT2D eigenvalue weighted by Crippen LogP contribution is -1.93. The SMILES string of the molecule is CCCCc1c2nc(c(-c3ccc(C#Cc4cc(C#Cc5ccc(-c6c7nc(c(CCCC)c8ccc([nH]8)c(-c8ccncc8)c8nc(c(CCCC)c9ccc6[nH]9)C=C8)C=C7)cc5)cc(C#Cc5ccc(-c6c7nc(c(CCCC)c8ccc([nH]8)c(-c8ccncc8)c8nc(c(CCCC)c9ccc6[nH]9)C=C8)C=C7)cc5)c4)cc3)c3ccc([nH]3)c(CCCC)c3nc(c(-c4ccncc4)c4ccc1[nH]4)C=C3)C=C2. The van der Waals surface area contributed by atoms with E-state index in [0.717, 1.165) is 350 Å². The molecule has 0 amide bonds. The van der Waals surface area contributed by atoms with Crippen molar-refractivity contribution in [3.63, 3.8) is 0 Å². The molecule has 6 aliphatic rings. The maximum atomic E-state index is 5.59. The molecule has 22 rings (SSSR count). The zero-order valence-corrected chi connectivity index (χ0v) is 82.2. The minimum Gasteiger partial charge on any atom is -0.355 e. The zero-order valence-electron chi connectivity index (χ0n) is 82.2. The monoisotopic (exact) mass is 1870 g/mol. The van der Waals surface area contributed by atoms with Gasteiger partial charge in [-0.3, -0.25) is 15.0 Å². The van der Waals surface area contributed by atoms with Crippen LogP contribution in [0.4, 0.5) is 0 Å². The van der Waals surface area contributed by atoms with Crippen LogP contribution in [0.15, 0.2) is 237 Å². The van der Waals surface area contributed by atoms with E-state index in [1.807, 2.05) is 37.2 Å². The third kappa shape index (κ3) is 19.2. The standard InChI is InChI=1S/C129H111N15/c1-7-13-19-94-100-43-55-112(133-100)124(113-56-44-101(134-113)95(20-14-8-2)107-50-62-119(140-107)127(91-67-73-130-74-68-91)118-61-49-106(94)139-118)88-37-31-82(32-38-88)25-28-85-79-86(29-26-83-33-39-89(40-34-83)125-114-57-45-102(135-114)96(21-15-9-3)108-51-63-120(141-108)128(92-69-75-131-76-70-92)121-64-52-109(142-121)97(22-16-10-4)103-46-58-115(125)136-103)81-87(80-85)30-27-84-35-41-90(42-36-84)126-116-59-47-104(137-116)98(23-17-11-5)110-53-65-122(143-110)129(93-71-77-132-78-72-93)123-66-54-111(144-123)99(24-18-12-6)105-48-60-117(126)138-105/h31-81,133,135,137,140,142,144H,7-24H2,1-6H3. The summed E-state index contributed by atoms with van der Waals surface area (Å²) in [6, 6.07) is 71.0. The van der Waals surface area contributed by atoms with E-state index in [1.54, 1.807) is 0 Å². The maximum Gasteiger partial charge on any atom is 0.0737 e. The second kappa shape index (κ2) is 41.7. The van der Waals surface area contributed by atoms with Crippen LogP contribution >= 0.6 is 0 Å². The molecule has 16 aromatic rings. The molecule has 0 atom stereocenters. The number of nitrogens with zero attached hydrogens (tertiary/aromatic N) is 9. The highest BCUT2D eigenvalue weighted by Gasteiger charge is 2.25. The summed E-state index contributed by atoms with van der Waals surface area (Å²) in [7, 11) is 0. The van der Waals surface area contributed by atoms with Crippen molar-refractivity contribution in [1.82, 2.24) is 74.8 Å². The topological polar surface area (TPSA) is 211 Å². The van der Waals surface area contributed by atoms with Crippen molar-refractivity contribution in [2.75, 3.05) is 0 Å². The van der Waals surface area contributed by atoms with Crippen LogP contribution < -0.4 is 0 Å². The van der Waals surface area contributed by atoms with Gasteiger partial charge in [0.15, 0.2) is 0 Å². The van der Waals surface area contributed by atoms with Gasteiger partial charge >= 0.3 is 0 Å². The van der Waals surface area contributed by atoms with Crippen LogP contribution in [0.3, 0.4) is 0 Å². The molecule has 0 unspecified atom stereocenters. The summed E-state index contributed by atoms with van der Waals surface area (Å²) in [5, 5.41) is 0. The van der Waals surface area contributed by atoms with Crippen LogP contribution in [-0.2, 0) is 38.5 Å². The third-order valence-corrected chi connectivity index (χ3v) is 28.0. The van der Waals surface area contributed by atoms with Crippen molar-refractivity contribution < 1.29 is 0 Å². The Morgan fingerprint density at radius 3 is 0.514 bits per heavy atom. The Kier molecular flexibility index (Phi) is 26.6. The number of aryl methyl sites for hydroxylation is 6. The smallest absolute Gasteiger partial charge is 0.0737 e. The molecule has 24 bridgehead atoms. The highest BCUT2D eigenvalue weighted by molar-refractivity contribution is 6.00. The van der Waals surface area contributed by atoms with Gasteiger partial charge in [-0.15, -0.1) is 0 Å². The predicted molar refractivity (Wildman–Crippen MR) is 599 cm³/mol. The van der Waals surface area contributed by atoms with Crippen LogP contribution in [0, 0.1) is 35.5 Å². The van der Waals surface area contributed by atoms with Gasteiger partial charge in [-0.1, -0.05) is 152 Å². The first-order valence-corrected chi connectivity index (χ1v) is 51.2. The third-order valence-electron chi connectivity index (χ3n) is 28.0. The summed E-state index contributed by atoms with van der Waals surface area (Å²) in [5.74, 6) is 21.7. The summed E-state index contributed by atoms with van der Waals surface area (Å²) in [5.41, 5.74) is 47.2. The molecule has 4 aromatic carbocycles. The van der Waals surface area contributed by atoms with E-state index >= 15 is 0 Å². The largest absolute Gasteiger partial charge is 0.355 e. The minimum atomic E-state index is 0.776. The number of hydrogen-bond acceptors (Lipinski definition) is 9. The van der Waals surface area contributed by atoms with Gasteiger partial charge in [0.2, 0.25) is 0 Å². The summed E-state index contributed by atoms with van der Waals surface area (Å²) < 4.78 is 0. The summed E-state index contributed by atoms with van der Waals surface area (Å²) in [4.78, 5) is 69.9. The van der Waals surface area contributed by atoms with Crippen molar-refractivity contribution in [3.8, 4) is 102 Å². The Balaban J connectivity index is 0.656. The van der Waals surface area contributed by atoms with E-state index in [-0.39, 0.29) is 0 Å². The Hall–Kier alpha value is -17.2. The fourth-order valence-corrected chi connectivity index (χ4v) is 20.5. The Labute approximate surface area is 840 Å². The quantitative estimate of drug-likeness (QED) is 0.0317. The second-order valence-electron chi connectivity index (χ2n) is 37.7. The number of aromatic nitrogens is 15. The van der Waals surface area contributed by atoms with E-state index in [0.29, 0.717) is 0 Å². The molecule has 6 aliphatic heterocycles. The molecular weight excluding hydrogens is 1760 g/mol. The molecule has 15 heteroatoms. The van der Waals surface area contributed by atoms with Crippen molar-refractivity contribution >= 4 is 139 Å². The highest BCUT2D eigenvalue weighted by Crippen LogP contribution is 2.42. The normalized spacial score (nSPS) is 12.1. The summed E-state index contributed by atoms with van der Waals surface area (Å²) in [6.07, 6.45) is 54.7. The van der Waals surface area contributed by atoms with Crippen LogP contribution in [-0.4, -0.2) is 74.8 Å². The molecule has 702 valence electrons. The summed E-state index contributed by atoms with van der Waals surface area (Å²) >= 11 is 0. The number of H-pyrrole nitrogens is 6. The summed E-state index contributed by atoms with van der Waals surface area (Å²) in [6.45, 7) is 13.5. The average molecular weight is 1870 g/mol. The second-order valence-corrected chi connectivity index (χ2v) is 37.7. The zero-order chi connectivity index (χ0) is 97.4. The van der Waals surface area contributed by atoms with Gasteiger partial charge in [0, 0.05) is 204 Å². The number of nitrogens with one attached hydrogen (secondary N) is 6. The molecule has 0 radical (unpaired) electrons. The molecular formula is C129H111N15. The van der Waals surface area contributed by atoms with Crippen LogP contribution in [0.1, 0.15) is 254 Å². The van der Waals surface area contributed by atoms with Gasteiger partial charge in [0.1, 0.15) is 0 Å². The molecule has 0 spiro atoms.